The fraction of sp³-hybridized carbons (Fsp3) is 0.750. The van der Waals surface area contributed by atoms with Crippen molar-refractivity contribution in [3.8, 4) is 0 Å². The SMILES string of the molecule is CC(O)C(NC(=O)C1CCCN1C(=O)C(N)CCCCN)C(=O)NC(CCC(=O)O)C(=O)O. The van der Waals surface area contributed by atoms with Gasteiger partial charge in [-0.2, -0.15) is 0 Å². The van der Waals surface area contributed by atoms with Crippen LogP contribution in [0.3, 0.4) is 0 Å². The van der Waals surface area contributed by atoms with E-state index in [-0.39, 0.29) is 12.3 Å². The molecule has 13 nitrogen and oxygen atoms in total. The number of likely N-dealkylation sites (tertiary alicyclic amines) is 1. The van der Waals surface area contributed by atoms with Crippen molar-refractivity contribution in [3.63, 3.8) is 0 Å². The lowest BCUT2D eigenvalue weighted by atomic mass is 10.1. The minimum atomic E-state index is -1.51. The maximum atomic E-state index is 12.8. The van der Waals surface area contributed by atoms with E-state index < -0.39 is 60.4 Å². The molecular formula is C20H35N5O8. The Morgan fingerprint density at radius 1 is 1.09 bits per heavy atom. The van der Waals surface area contributed by atoms with Crippen molar-refractivity contribution in [2.24, 2.45) is 11.5 Å². The second-order valence-electron chi connectivity index (χ2n) is 8.14. The van der Waals surface area contributed by atoms with Crippen molar-refractivity contribution in [2.45, 2.75) is 82.1 Å². The summed E-state index contributed by atoms with van der Waals surface area (Å²) in [5.41, 5.74) is 11.4. The number of hydrogen-bond donors (Lipinski definition) is 7. The molecule has 5 unspecified atom stereocenters. The Balaban J connectivity index is 2.82. The van der Waals surface area contributed by atoms with E-state index in [1.807, 2.05) is 0 Å². The van der Waals surface area contributed by atoms with E-state index in [1.54, 1.807) is 0 Å². The standard InChI is InChI=1S/C20H35N5O8/c1-11(26)16(18(30)23-13(20(32)33)7-8-15(27)28)24-17(29)14-6-4-10-25(14)19(31)12(22)5-2-3-9-21/h11-14,16,26H,2-10,21-22H2,1H3,(H,23,30)(H,24,29)(H,27,28)(H,32,33). The molecule has 0 spiro atoms. The average molecular weight is 474 g/mol. The molecule has 1 fully saturated rings. The van der Waals surface area contributed by atoms with Crippen LogP contribution >= 0.6 is 0 Å². The van der Waals surface area contributed by atoms with Gasteiger partial charge in [-0.05, 0) is 45.6 Å². The van der Waals surface area contributed by atoms with Gasteiger partial charge in [-0.3, -0.25) is 19.2 Å². The van der Waals surface area contributed by atoms with Crippen molar-refractivity contribution < 1.29 is 39.3 Å². The second-order valence-corrected chi connectivity index (χ2v) is 8.14. The zero-order chi connectivity index (χ0) is 25.1. The molecule has 1 aliphatic heterocycles. The smallest absolute Gasteiger partial charge is 0.326 e. The normalized spacial score (nSPS) is 19.3. The highest BCUT2D eigenvalue weighted by Crippen LogP contribution is 2.19. The van der Waals surface area contributed by atoms with Gasteiger partial charge in [0, 0.05) is 13.0 Å². The predicted molar refractivity (Wildman–Crippen MR) is 116 cm³/mol. The molecule has 13 heteroatoms. The van der Waals surface area contributed by atoms with Crippen LogP contribution in [0.25, 0.3) is 0 Å². The number of rotatable bonds is 14. The Hall–Kier alpha value is -2.77. The largest absolute Gasteiger partial charge is 0.481 e. The number of nitrogens with zero attached hydrogens (tertiary/aromatic N) is 1. The lowest BCUT2D eigenvalue weighted by Gasteiger charge is -2.29. The molecule has 1 aliphatic rings. The van der Waals surface area contributed by atoms with Crippen LogP contribution in [-0.2, 0) is 24.0 Å². The number of carboxylic acids is 2. The molecule has 5 atom stereocenters. The molecule has 0 radical (unpaired) electrons. The second kappa shape index (κ2) is 13.7. The number of hydrogen-bond acceptors (Lipinski definition) is 8. The van der Waals surface area contributed by atoms with Crippen molar-refractivity contribution in [3.05, 3.63) is 0 Å². The van der Waals surface area contributed by atoms with Gasteiger partial charge >= 0.3 is 11.9 Å². The summed E-state index contributed by atoms with van der Waals surface area (Å²) in [7, 11) is 0. The van der Waals surface area contributed by atoms with Gasteiger partial charge in [-0.1, -0.05) is 6.42 Å². The lowest BCUT2D eigenvalue weighted by Crippen LogP contribution is -2.59. The number of carbonyl (C=O) groups excluding carboxylic acids is 3. The number of carboxylic acid groups (broad SMARTS) is 2. The Morgan fingerprint density at radius 3 is 2.30 bits per heavy atom. The first kappa shape index (κ1) is 28.3. The lowest BCUT2D eigenvalue weighted by molar-refractivity contribution is -0.144. The van der Waals surface area contributed by atoms with Crippen LogP contribution in [0.1, 0.15) is 51.9 Å². The number of unbranched alkanes of at least 4 members (excludes halogenated alkanes) is 1. The molecule has 1 heterocycles. The Labute approximate surface area is 191 Å². The van der Waals surface area contributed by atoms with Crippen LogP contribution in [0.15, 0.2) is 0 Å². The number of amides is 3. The first-order valence-corrected chi connectivity index (χ1v) is 11.0. The van der Waals surface area contributed by atoms with Crippen LogP contribution in [0, 0.1) is 0 Å². The van der Waals surface area contributed by atoms with Gasteiger partial charge in [0.15, 0.2) is 0 Å². The number of aliphatic hydroxyl groups is 1. The van der Waals surface area contributed by atoms with E-state index in [2.05, 4.69) is 10.6 Å². The Kier molecular flexibility index (Phi) is 11.7. The fourth-order valence-corrected chi connectivity index (χ4v) is 3.59. The third kappa shape index (κ3) is 8.94. The Morgan fingerprint density at radius 2 is 1.76 bits per heavy atom. The van der Waals surface area contributed by atoms with Gasteiger partial charge in [-0.15, -0.1) is 0 Å². The van der Waals surface area contributed by atoms with Crippen molar-refractivity contribution in [1.29, 1.82) is 0 Å². The minimum Gasteiger partial charge on any atom is -0.481 e. The highest BCUT2D eigenvalue weighted by atomic mass is 16.4. The van der Waals surface area contributed by atoms with Crippen LogP contribution < -0.4 is 22.1 Å². The molecule has 1 saturated heterocycles. The van der Waals surface area contributed by atoms with E-state index in [4.69, 9.17) is 16.6 Å². The molecule has 188 valence electrons. The zero-order valence-corrected chi connectivity index (χ0v) is 18.7. The summed E-state index contributed by atoms with van der Waals surface area (Å²) in [5, 5.41) is 32.5. The van der Waals surface area contributed by atoms with Gasteiger partial charge in [-0.25, -0.2) is 4.79 Å². The molecular weight excluding hydrogens is 438 g/mol. The number of aliphatic carboxylic acids is 2. The fourth-order valence-electron chi connectivity index (χ4n) is 3.59. The van der Waals surface area contributed by atoms with E-state index in [0.29, 0.717) is 38.8 Å². The predicted octanol–water partition coefficient (Wildman–Crippen LogP) is -2.27. The number of carbonyl (C=O) groups is 5. The van der Waals surface area contributed by atoms with Crippen LogP contribution in [0.2, 0.25) is 0 Å². The van der Waals surface area contributed by atoms with Crippen LogP contribution in [0.5, 0.6) is 0 Å². The van der Waals surface area contributed by atoms with E-state index in [1.165, 1.54) is 11.8 Å². The molecule has 0 aromatic rings. The summed E-state index contributed by atoms with van der Waals surface area (Å²) in [5.74, 6) is -4.72. The molecule has 9 N–H and O–H groups in total. The topological polar surface area (TPSA) is 225 Å². The third-order valence-electron chi connectivity index (χ3n) is 5.45. The van der Waals surface area contributed by atoms with E-state index >= 15 is 0 Å². The quantitative estimate of drug-likeness (QED) is 0.134. The molecule has 0 aromatic carbocycles. The van der Waals surface area contributed by atoms with Crippen LogP contribution in [0.4, 0.5) is 0 Å². The molecule has 0 saturated carbocycles. The number of aliphatic hydroxyl groups excluding tert-OH is 1. The molecule has 0 aromatic heterocycles. The van der Waals surface area contributed by atoms with Gasteiger partial charge in [0.2, 0.25) is 17.7 Å². The summed E-state index contributed by atoms with van der Waals surface area (Å²) >= 11 is 0. The van der Waals surface area contributed by atoms with Crippen LogP contribution in [-0.4, -0.2) is 93.2 Å². The molecule has 33 heavy (non-hydrogen) atoms. The summed E-state index contributed by atoms with van der Waals surface area (Å²) in [6, 6.07) is -4.68. The zero-order valence-electron chi connectivity index (χ0n) is 18.7. The molecule has 0 aliphatic carbocycles. The number of nitrogens with one attached hydrogen (secondary N) is 2. The summed E-state index contributed by atoms with van der Waals surface area (Å²) in [6.07, 6.45) is 0.472. The first-order chi connectivity index (χ1) is 15.5. The van der Waals surface area contributed by atoms with Gasteiger partial charge < -0.3 is 42.3 Å². The minimum absolute atomic E-state index is 0.323. The van der Waals surface area contributed by atoms with Gasteiger partial charge in [0.1, 0.15) is 18.1 Å². The van der Waals surface area contributed by atoms with Gasteiger partial charge in [0.25, 0.3) is 0 Å². The highest BCUT2D eigenvalue weighted by molar-refractivity contribution is 5.94. The van der Waals surface area contributed by atoms with E-state index in [9.17, 15) is 34.2 Å². The van der Waals surface area contributed by atoms with Crippen molar-refractivity contribution in [2.75, 3.05) is 13.1 Å². The van der Waals surface area contributed by atoms with Crippen molar-refractivity contribution >= 4 is 29.7 Å². The Bertz CT molecular complexity index is 717. The third-order valence-corrected chi connectivity index (χ3v) is 5.45. The van der Waals surface area contributed by atoms with Gasteiger partial charge in [0.05, 0.1) is 12.1 Å². The first-order valence-electron chi connectivity index (χ1n) is 11.0. The summed E-state index contributed by atoms with van der Waals surface area (Å²) in [4.78, 5) is 61.5. The summed E-state index contributed by atoms with van der Waals surface area (Å²) < 4.78 is 0. The van der Waals surface area contributed by atoms with Crippen molar-refractivity contribution in [1.82, 2.24) is 15.5 Å². The molecule has 1 rings (SSSR count). The maximum Gasteiger partial charge on any atom is 0.326 e. The molecule has 0 bridgehead atoms. The maximum absolute atomic E-state index is 12.8. The van der Waals surface area contributed by atoms with E-state index in [0.717, 1.165) is 6.42 Å². The monoisotopic (exact) mass is 473 g/mol. The number of nitrogens with two attached hydrogens (primary N) is 2. The highest BCUT2D eigenvalue weighted by Gasteiger charge is 2.38. The average Bonchev–Trinajstić information content (AvgIpc) is 3.23. The summed E-state index contributed by atoms with van der Waals surface area (Å²) in [6.45, 7) is 2.04. The molecule has 3 amide bonds.